The molecule has 1 heterocycles. The van der Waals surface area contributed by atoms with Crippen molar-refractivity contribution in [2.45, 2.75) is 77.2 Å². The lowest BCUT2D eigenvalue weighted by Gasteiger charge is -2.26. The molecule has 1 aromatic heterocycles. The fourth-order valence-electron chi connectivity index (χ4n) is 6.87. The summed E-state index contributed by atoms with van der Waals surface area (Å²) in [4.78, 5) is 50.9. The SMILES string of the molecule is CCCCN.Cc1cc(=O)oc2cc(NC(=O)CNC(=O)[C@H](CC3CCCCC3)NC(=O)OCC3c4ccccc4-c4ccccc43)ccc12. The number of rotatable bonds is 11. The number of nitrogens with one attached hydrogen (secondary N) is 3. The number of carbonyl (C=O) groups is 3. The number of fused-ring (bicyclic) bond motifs is 4. The summed E-state index contributed by atoms with van der Waals surface area (Å²) in [6.45, 7) is 4.64. The molecule has 10 nitrogen and oxygen atoms in total. The molecule has 0 bridgehead atoms. The van der Waals surface area contributed by atoms with Crippen molar-refractivity contribution in [2.75, 3.05) is 25.0 Å². The minimum atomic E-state index is -0.838. The topological polar surface area (TPSA) is 153 Å². The van der Waals surface area contributed by atoms with Gasteiger partial charge >= 0.3 is 11.7 Å². The molecule has 4 aromatic rings. The van der Waals surface area contributed by atoms with Gasteiger partial charge in [-0.2, -0.15) is 0 Å². The minimum absolute atomic E-state index is 0.0930. The van der Waals surface area contributed by atoms with Crippen molar-refractivity contribution in [3.63, 3.8) is 0 Å². The van der Waals surface area contributed by atoms with Gasteiger partial charge in [-0.1, -0.05) is 94.0 Å². The highest BCUT2D eigenvalue weighted by Crippen LogP contribution is 2.44. The molecule has 10 heteroatoms. The molecule has 0 spiro atoms. The average molecular weight is 681 g/mol. The quantitative estimate of drug-likeness (QED) is 0.127. The largest absolute Gasteiger partial charge is 0.449 e. The highest BCUT2D eigenvalue weighted by molar-refractivity contribution is 5.97. The summed E-state index contributed by atoms with van der Waals surface area (Å²) in [5.74, 6) is -0.683. The predicted octanol–water partition coefficient (Wildman–Crippen LogP) is 6.78. The van der Waals surface area contributed by atoms with Crippen LogP contribution in [0.4, 0.5) is 10.5 Å². The molecule has 3 amide bonds. The number of aryl methyl sites for hydroxylation is 1. The van der Waals surface area contributed by atoms with E-state index in [-0.39, 0.29) is 19.1 Å². The van der Waals surface area contributed by atoms with Crippen LogP contribution in [0.25, 0.3) is 22.1 Å². The summed E-state index contributed by atoms with van der Waals surface area (Å²) in [5.41, 5.74) is 10.7. The summed E-state index contributed by atoms with van der Waals surface area (Å²) < 4.78 is 11.0. The first kappa shape index (κ1) is 36.3. The van der Waals surface area contributed by atoms with Gasteiger partial charge in [0.1, 0.15) is 18.2 Å². The summed E-state index contributed by atoms with van der Waals surface area (Å²) in [6.07, 6.45) is 7.55. The van der Waals surface area contributed by atoms with Gasteiger partial charge in [0.25, 0.3) is 0 Å². The number of carbonyl (C=O) groups excluding carboxylic acids is 3. The van der Waals surface area contributed by atoms with Crippen LogP contribution < -0.4 is 27.3 Å². The zero-order valence-corrected chi connectivity index (χ0v) is 29.0. The van der Waals surface area contributed by atoms with Gasteiger partial charge in [0.15, 0.2) is 0 Å². The van der Waals surface area contributed by atoms with Crippen LogP contribution in [-0.2, 0) is 14.3 Å². The normalized spacial score (nSPS) is 14.5. The fourth-order valence-corrected chi connectivity index (χ4v) is 6.87. The summed E-state index contributed by atoms with van der Waals surface area (Å²) in [6, 6.07) is 21.9. The average Bonchev–Trinajstić information content (AvgIpc) is 3.43. The van der Waals surface area contributed by atoms with E-state index >= 15 is 0 Å². The summed E-state index contributed by atoms with van der Waals surface area (Å²) in [7, 11) is 0. The highest BCUT2D eigenvalue weighted by Gasteiger charge is 2.31. The third kappa shape index (κ3) is 9.38. The number of hydrogen-bond donors (Lipinski definition) is 4. The van der Waals surface area contributed by atoms with Crippen LogP contribution in [0.2, 0.25) is 0 Å². The van der Waals surface area contributed by atoms with E-state index in [1.807, 2.05) is 31.2 Å². The molecule has 0 saturated heterocycles. The van der Waals surface area contributed by atoms with Crippen molar-refractivity contribution in [2.24, 2.45) is 11.7 Å². The third-order valence-corrected chi connectivity index (χ3v) is 9.46. The van der Waals surface area contributed by atoms with E-state index in [0.717, 1.165) is 65.4 Å². The number of benzene rings is 3. The van der Waals surface area contributed by atoms with Gasteiger partial charge < -0.3 is 30.8 Å². The first-order valence-corrected chi connectivity index (χ1v) is 17.7. The Labute approximate surface area is 293 Å². The molecule has 264 valence electrons. The predicted molar refractivity (Wildman–Crippen MR) is 196 cm³/mol. The Hall–Kier alpha value is -4.96. The van der Waals surface area contributed by atoms with Gasteiger partial charge in [-0.25, -0.2) is 9.59 Å². The molecule has 0 radical (unpaired) electrons. The molecule has 1 saturated carbocycles. The summed E-state index contributed by atoms with van der Waals surface area (Å²) in [5, 5.41) is 8.97. The Morgan fingerprint density at radius 1 is 0.940 bits per heavy atom. The lowest BCUT2D eigenvalue weighted by molar-refractivity contribution is -0.126. The van der Waals surface area contributed by atoms with Crippen molar-refractivity contribution in [3.05, 3.63) is 99.9 Å². The first-order valence-electron chi connectivity index (χ1n) is 17.7. The molecular weight excluding hydrogens is 632 g/mol. The van der Waals surface area contributed by atoms with E-state index in [1.54, 1.807) is 18.2 Å². The van der Waals surface area contributed by atoms with Crippen LogP contribution in [0.3, 0.4) is 0 Å². The Bertz CT molecular complexity index is 1800. The van der Waals surface area contributed by atoms with Gasteiger partial charge in [0.2, 0.25) is 11.8 Å². The maximum absolute atomic E-state index is 13.3. The lowest BCUT2D eigenvalue weighted by atomic mass is 9.84. The van der Waals surface area contributed by atoms with E-state index in [4.69, 9.17) is 14.9 Å². The molecule has 1 fully saturated rings. The highest BCUT2D eigenvalue weighted by atomic mass is 16.5. The van der Waals surface area contributed by atoms with Crippen molar-refractivity contribution in [1.29, 1.82) is 0 Å². The van der Waals surface area contributed by atoms with Crippen molar-refractivity contribution >= 4 is 34.6 Å². The van der Waals surface area contributed by atoms with E-state index in [0.29, 0.717) is 23.6 Å². The maximum atomic E-state index is 13.3. The van der Waals surface area contributed by atoms with Gasteiger partial charge in [0, 0.05) is 29.1 Å². The Balaban J connectivity index is 0.000000908. The molecular formula is C40H48N4O6. The van der Waals surface area contributed by atoms with E-state index < -0.39 is 29.6 Å². The number of alkyl carbamates (subject to hydrolysis) is 1. The Morgan fingerprint density at radius 2 is 1.62 bits per heavy atom. The molecule has 0 aliphatic heterocycles. The Kier molecular flexibility index (Phi) is 12.8. The zero-order valence-electron chi connectivity index (χ0n) is 29.0. The maximum Gasteiger partial charge on any atom is 0.407 e. The van der Waals surface area contributed by atoms with Crippen molar-refractivity contribution in [1.82, 2.24) is 10.6 Å². The van der Waals surface area contributed by atoms with Crippen LogP contribution in [0.1, 0.15) is 80.9 Å². The molecule has 6 rings (SSSR count). The zero-order chi connectivity index (χ0) is 35.5. The number of amides is 3. The molecule has 2 aliphatic rings. The van der Waals surface area contributed by atoms with Crippen LogP contribution >= 0.6 is 0 Å². The molecule has 5 N–H and O–H groups in total. The number of unbranched alkanes of at least 4 members (excludes halogenated alkanes) is 1. The second-order valence-electron chi connectivity index (χ2n) is 13.1. The monoisotopic (exact) mass is 680 g/mol. The molecule has 3 aromatic carbocycles. The van der Waals surface area contributed by atoms with Crippen LogP contribution in [0.15, 0.2) is 82.0 Å². The number of anilines is 1. The summed E-state index contributed by atoms with van der Waals surface area (Å²) >= 11 is 0. The van der Waals surface area contributed by atoms with Gasteiger partial charge in [0.05, 0.1) is 6.54 Å². The van der Waals surface area contributed by atoms with Gasteiger partial charge in [-0.3, -0.25) is 9.59 Å². The third-order valence-electron chi connectivity index (χ3n) is 9.46. The van der Waals surface area contributed by atoms with Gasteiger partial charge in [-0.05, 0) is 72.2 Å². The van der Waals surface area contributed by atoms with E-state index in [1.165, 1.54) is 25.3 Å². The first-order chi connectivity index (χ1) is 24.3. The lowest BCUT2D eigenvalue weighted by Crippen LogP contribution is -2.49. The number of ether oxygens (including phenoxy) is 1. The molecule has 0 unspecified atom stereocenters. The smallest absolute Gasteiger partial charge is 0.407 e. The van der Waals surface area contributed by atoms with E-state index in [2.05, 4.69) is 47.1 Å². The Morgan fingerprint density at radius 3 is 2.26 bits per heavy atom. The molecule has 1 atom stereocenters. The van der Waals surface area contributed by atoms with Crippen LogP contribution in [0, 0.1) is 12.8 Å². The van der Waals surface area contributed by atoms with Crippen molar-refractivity contribution < 1.29 is 23.5 Å². The molecule has 50 heavy (non-hydrogen) atoms. The number of nitrogens with two attached hydrogens (primary N) is 1. The van der Waals surface area contributed by atoms with Crippen LogP contribution in [-0.4, -0.2) is 43.6 Å². The van der Waals surface area contributed by atoms with E-state index in [9.17, 15) is 19.2 Å². The standard InChI is InChI=1S/C36H37N3O6.C4H11N/c1-22-17-34(41)45-32-19-24(15-16-25(22)32)38-33(40)20-37-35(42)31(18-23-9-3-2-4-10-23)39-36(43)44-21-30-28-13-7-5-11-26(28)27-12-6-8-14-29(27)30;1-2-3-4-5/h5-8,11-17,19,23,30-31H,2-4,9-10,18,20-21H2,1H3,(H,37,42)(H,38,40)(H,39,43);2-5H2,1H3/t31-;/m0./s1. The fraction of sp³-hybridized carbons (Fsp3) is 0.400. The molecule has 2 aliphatic carbocycles. The number of hydrogen-bond acceptors (Lipinski definition) is 7. The van der Waals surface area contributed by atoms with Gasteiger partial charge in [-0.15, -0.1) is 0 Å². The minimum Gasteiger partial charge on any atom is -0.449 e. The van der Waals surface area contributed by atoms with Crippen molar-refractivity contribution in [3.8, 4) is 11.1 Å². The second kappa shape index (κ2) is 17.6. The second-order valence-corrected chi connectivity index (χ2v) is 13.1. The van der Waals surface area contributed by atoms with Crippen LogP contribution in [0.5, 0.6) is 0 Å².